The van der Waals surface area contributed by atoms with Crippen LogP contribution in [0.15, 0.2) is 0 Å². The zero-order chi connectivity index (χ0) is 7.19. The Morgan fingerprint density at radius 3 is 1.17 bits per heavy atom. The lowest BCUT2D eigenvalue weighted by Crippen LogP contribution is -0.991. The highest BCUT2D eigenvalue weighted by molar-refractivity contribution is 9.38. The Labute approximate surface area is 79.2 Å². The summed E-state index contributed by atoms with van der Waals surface area (Å²) in [5.41, 5.74) is 0. The molecule has 12 heavy (non-hydrogen) atoms. The van der Waals surface area contributed by atoms with Crippen molar-refractivity contribution in [1.29, 1.82) is 0 Å². The van der Waals surface area contributed by atoms with Crippen molar-refractivity contribution in [1.82, 2.24) is 0 Å². The molecule has 4 atom stereocenters. The average molecular weight is 374 g/mol. The summed E-state index contributed by atoms with van der Waals surface area (Å²) in [6, 6.07) is 0. The van der Waals surface area contributed by atoms with Gasteiger partial charge in [-0.25, -0.2) is 0 Å². The molecule has 0 saturated carbocycles. The zero-order valence-corrected chi connectivity index (χ0v) is 16.4. The fourth-order valence-electron chi connectivity index (χ4n) is 1.36. The minimum atomic E-state index is 0.990. The van der Waals surface area contributed by atoms with Gasteiger partial charge in [-0.15, -0.1) is 0 Å². The molecule has 62 valence electrons. The van der Waals surface area contributed by atoms with Crippen molar-refractivity contribution in [3.05, 3.63) is 0 Å². The summed E-state index contributed by atoms with van der Waals surface area (Å²) in [6.07, 6.45) is 6.06. The average Bonchev–Trinajstić information content (AvgIpc) is 2.85. The highest BCUT2D eigenvalue weighted by Crippen LogP contribution is 3.32. The van der Waals surface area contributed by atoms with E-state index in [1.165, 1.54) is 0 Å². The molecule has 12 heteroatoms. The molecule has 4 unspecified atom stereocenters. The van der Waals surface area contributed by atoms with E-state index in [1.54, 1.807) is 15.1 Å². The maximum absolute atomic E-state index is 1.65. The van der Waals surface area contributed by atoms with Crippen LogP contribution in [0.2, 0.25) is 0 Å². The van der Waals surface area contributed by atoms with Gasteiger partial charge in [-0.1, -0.05) is 15.1 Å². The van der Waals surface area contributed by atoms with E-state index >= 15 is 0 Å². The van der Waals surface area contributed by atoms with E-state index < -0.39 is 0 Å². The van der Waals surface area contributed by atoms with Gasteiger partial charge in [0.1, 0.15) is 0 Å². The first-order valence-electron chi connectivity index (χ1n) is 3.49. The smallest absolute Gasteiger partial charge is 0.00000188 e. The van der Waals surface area contributed by atoms with E-state index in [-0.39, 0.29) is 0 Å². The normalized spacial score (nSPS) is 32.7. The quantitative estimate of drug-likeness (QED) is 0.283. The van der Waals surface area contributed by atoms with Crippen molar-refractivity contribution in [3.63, 3.8) is 0 Å². The second-order valence-electron chi connectivity index (χ2n) is 2.97. The van der Waals surface area contributed by atoms with Crippen molar-refractivity contribution in [3.8, 4) is 0 Å². The Balaban J connectivity index is 1.60. The van der Waals surface area contributed by atoms with Crippen LogP contribution in [-0.2, 0) is 0 Å². The molecule has 6 aromatic rings. The van der Waals surface area contributed by atoms with Crippen LogP contribution < -0.4 is 0 Å². The first-order chi connectivity index (χ1) is 5.97. The number of hydrogen-bond acceptors (Lipinski definition) is 0. The van der Waals surface area contributed by atoms with E-state index in [0.717, 1.165) is 64.5 Å². The summed E-state index contributed by atoms with van der Waals surface area (Å²) in [6.45, 7) is 4.16. The number of fused-ring (bicyclic) bond motifs is 3. The molecule has 0 aromatic carbocycles. The fraction of sp³-hybridized carbons (Fsp3) is 0. The minimum absolute atomic E-state index is 0.990. The van der Waals surface area contributed by atoms with Gasteiger partial charge in [0, 0.05) is 0 Å². The van der Waals surface area contributed by atoms with Gasteiger partial charge >= 0.3 is 0 Å². The van der Waals surface area contributed by atoms with Crippen molar-refractivity contribution < 1.29 is 0 Å². The maximum atomic E-state index is 1.65. The second kappa shape index (κ2) is 2.13. The molecule has 0 N–H and O–H groups in total. The molecule has 0 saturated heterocycles. The predicted molar refractivity (Wildman–Crippen MR) is 85.8 cm³/mol. The molecule has 6 rings (SSSR count). The molecule has 0 aliphatic heterocycles. The third kappa shape index (κ3) is 0.811. The predicted octanol–water partition coefficient (Wildman–Crippen LogP) is 9.80. The van der Waals surface area contributed by atoms with Crippen molar-refractivity contribution >= 4 is 79.6 Å². The Kier molecular flexibility index (Phi) is 1.39. The summed E-state index contributed by atoms with van der Waals surface area (Å²) < 4.78 is 0. The highest BCUT2D eigenvalue weighted by Gasteiger charge is 2.45. The van der Waals surface area contributed by atoms with Crippen LogP contribution in [0.4, 0.5) is 0 Å². The summed E-state index contributed by atoms with van der Waals surface area (Å²) in [5.74, 6) is 0. The molecular formula is H2P12. The van der Waals surface area contributed by atoms with Crippen molar-refractivity contribution in [2.75, 3.05) is 0 Å². The van der Waals surface area contributed by atoms with Crippen LogP contribution in [0.3, 0.4) is 0 Å². The molecule has 6 aromatic heterocycles. The zero-order valence-electron chi connectivity index (χ0n) is 5.47. The lowest BCUT2D eigenvalue weighted by atomic mass is 29.1. The van der Waals surface area contributed by atoms with Crippen LogP contribution in [0.1, 0.15) is 0 Å². The summed E-state index contributed by atoms with van der Waals surface area (Å²) in [4.78, 5) is 0. The Morgan fingerprint density at radius 2 is 0.917 bits per heavy atom. The second-order valence-corrected chi connectivity index (χ2v) is 80.1. The molecule has 0 amide bonds. The molecule has 0 fully saturated rings. The van der Waals surface area contributed by atoms with Gasteiger partial charge < -0.3 is 0 Å². The van der Waals surface area contributed by atoms with E-state index in [0.29, 0.717) is 0 Å². The van der Waals surface area contributed by atoms with Gasteiger partial charge in [-0.05, 0) is 64.5 Å². The van der Waals surface area contributed by atoms with Crippen LogP contribution >= 0.6 is 79.6 Å². The molecule has 0 aliphatic rings. The Hall–Kier alpha value is 3.60. The van der Waals surface area contributed by atoms with Crippen LogP contribution in [-0.4, -0.2) is 0 Å². The SMILES string of the molecule is [pH]1p2p(-p3p4p(-p5p6[pH]p56)p34)p12. The molecule has 0 radical (unpaired) electrons. The number of hydrogen-bond donors (Lipinski definition) is 0. The Morgan fingerprint density at radius 1 is 0.500 bits per heavy atom. The lowest BCUT2D eigenvalue weighted by Gasteiger charge is -1.86. The van der Waals surface area contributed by atoms with Crippen LogP contribution in [0, 0.1) is 0 Å². The molecule has 0 bridgehead atoms. The summed E-state index contributed by atoms with van der Waals surface area (Å²) in [7, 11) is 3.30. The maximum Gasteiger partial charge on any atom is -0.00000188 e. The fourth-order valence-corrected chi connectivity index (χ4v) is 310. The lowest BCUT2D eigenvalue weighted by molar-refractivity contribution is 5.07. The number of rotatable bonds is 2. The third-order valence-electron chi connectivity index (χ3n) is 2.31. The van der Waals surface area contributed by atoms with E-state index in [9.17, 15) is 0 Å². The summed E-state index contributed by atoms with van der Waals surface area (Å²) in [5, 5.41) is 0. The van der Waals surface area contributed by atoms with E-state index in [1.807, 2.05) is 0 Å². The summed E-state index contributed by atoms with van der Waals surface area (Å²) >= 11 is 0. The van der Waals surface area contributed by atoms with Gasteiger partial charge in [0.05, 0.1) is 0 Å². The van der Waals surface area contributed by atoms with Crippen LogP contribution in [0.5, 0.6) is 0 Å². The van der Waals surface area contributed by atoms with Crippen molar-refractivity contribution in [2.24, 2.45) is 0 Å². The van der Waals surface area contributed by atoms with Crippen molar-refractivity contribution in [2.45, 2.75) is 0 Å². The largest absolute Gasteiger partial charge is 0.0716 e. The molecule has 6 heterocycles. The molecule has 0 nitrogen and oxygen atoms in total. The first kappa shape index (κ1) is 7.84. The van der Waals surface area contributed by atoms with Gasteiger partial charge in [-0.3, -0.25) is 0 Å². The monoisotopic (exact) mass is 374 g/mol. The topological polar surface area (TPSA) is 0 Å². The van der Waals surface area contributed by atoms with Gasteiger partial charge in [0.25, 0.3) is 0 Å². The first-order valence-corrected chi connectivity index (χ1v) is 31.4. The van der Waals surface area contributed by atoms with Crippen LogP contribution in [0.25, 0.3) is 0 Å². The van der Waals surface area contributed by atoms with E-state index in [2.05, 4.69) is 0 Å². The molecular weight excluding hydrogens is 372 g/mol. The minimum Gasteiger partial charge on any atom is -0.0716 e. The third-order valence-corrected chi connectivity index (χ3v) is 157. The highest BCUT2D eigenvalue weighted by atomic mass is 33.4. The Bertz CT molecular complexity index is 697. The van der Waals surface area contributed by atoms with Gasteiger partial charge in [-0.2, -0.15) is 0 Å². The molecule has 0 aliphatic carbocycles. The molecule has 0 spiro atoms. The standard InChI is InChI=1S/H2P12/c1-3-4(1)7(3)9-11-10(12(9)11)8-5-2-6(5)8/h1-2H. The van der Waals surface area contributed by atoms with Gasteiger partial charge in [0.15, 0.2) is 0 Å². The van der Waals surface area contributed by atoms with Gasteiger partial charge in [0.2, 0.25) is 0 Å². The van der Waals surface area contributed by atoms with E-state index in [4.69, 9.17) is 0 Å².